The predicted molar refractivity (Wildman–Crippen MR) is 113 cm³/mol. The first kappa shape index (κ1) is 17.7. The van der Waals surface area contributed by atoms with E-state index < -0.39 is 0 Å². The van der Waals surface area contributed by atoms with Gasteiger partial charge in [-0.3, -0.25) is 0 Å². The molecule has 4 rings (SSSR count). The average molecular weight is 358 g/mol. The fraction of sp³-hybridized carbons (Fsp3) is 0.292. The normalized spacial score (nSPS) is 17.3. The lowest BCUT2D eigenvalue weighted by Gasteiger charge is -2.29. The van der Waals surface area contributed by atoms with Crippen LogP contribution in [0.2, 0.25) is 0 Å². The molecule has 138 valence electrons. The van der Waals surface area contributed by atoms with E-state index in [2.05, 4.69) is 71.8 Å². The maximum absolute atomic E-state index is 5.86. The first-order valence-electron chi connectivity index (χ1n) is 9.75. The molecule has 0 unspecified atom stereocenters. The van der Waals surface area contributed by atoms with Gasteiger partial charge >= 0.3 is 0 Å². The standard InChI is InChI=1S/C24H27N3/c1-16-12-22(15-26-24(16)25)20-8-9-21-14-23(11-10-19(21)13-20)27-17(2)18-6-4-3-5-7-18/h3-9,12-13,15,17,23,27H,10-11,14H2,1-2H3,(H2,25,26)/t17-,23+/m0/s1. The van der Waals surface area contributed by atoms with Crippen LogP contribution in [0.1, 0.15) is 41.6 Å². The van der Waals surface area contributed by atoms with E-state index in [-0.39, 0.29) is 0 Å². The third-order valence-electron chi connectivity index (χ3n) is 5.67. The molecule has 27 heavy (non-hydrogen) atoms. The van der Waals surface area contributed by atoms with Crippen molar-refractivity contribution in [2.45, 2.75) is 45.2 Å². The van der Waals surface area contributed by atoms with Crippen molar-refractivity contribution in [3.05, 3.63) is 83.0 Å². The van der Waals surface area contributed by atoms with Crippen LogP contribution in [0, 0.1) is 6.92 Å². The molecule has 2 aromatic carbocycles. The van der Waals surface area contributed by atoms with E-state index in [0.717, 1.165) is 24.0 Å². The zero-order valence-electron chi connectivity index (χ0n) is 16.1. The van der Waals surface area contributed by atoms with Crippen LogP contribution < -0.4 is 11.1 Å². The van der Waals surface area contributed by atoms with Gasteiger partial charge in [-0.1, -0.05) is 48.5 Å². The molecular weight excluding hydrogens is 330 g/mol. The van der Waals surface area contributed by atoms with E-state index in [0.29, 0.717) is 17.9 Å². The van der Waals surface area contributed by atoms with E-state index in [1.807, 2.05) is 13.1 Å². The summed E-state index contributed by atoms with van der Waals surface area (Å²) < 4.78 is 0. The second-order valence-electron chi connectivity index (χ2n) is 7.65. The van der Waals surface area contributed by atoms with Crippen molar-refractivity contribution in [3.63, 3.8) is 0 Å². The number of hydrogen-bond acceptors (Lipinski definition) is 3. The van der Waals surface area contributed by atoms with Crippen LogP contribution in [0.25, 0.3) is 11.1 Å². The number of fused-ring (bicyclic) bond motifs is 1. The Morgan fingerprint density at radius 1 is 1.04 bits per heavy atom. The number of nitrogen functional groups attached to an aromatic ring is 1. The third-order valence-corrected chi connectivity index (χ3v) is 5.67. The molecule has 1 aromatic heterocycles. The predicted octanol–water partition coefficient (Wildman–Crippen LogP) is 4.85. The van der Waals surface area contributed by atoms with E-state index in [1.165, 1.54) is 28.7 Å². The zero-order chi connectivity index (χ0) is 18.8. The lowest BCUT2D eigenvalue weighted by atomic mass is 9.86. The van der Waals surface area contributed by atoms with Crippen LogP contribution in [0.4, 0.5) is 5.82 Å². The summed E-state index contributed by atoms with van der Waals surface area (Å²) in [5.41, 5.74) is 13.5. The van der Waals surface area contributed by atoms with Gasteiger partial charge in [-0.25, -0.2) is 4.98 Å². The molecule has 3 heteroatoms. The average Bonchev–Trinajstić information content (AvgIpc) is 2.70. The number of pyridine rings is 1. The highest BCUT2D eigenvalue weighted by Crippen LogP contribution is 2.29. The van der Waals surface area contributed by atoms with Gasteiger partial charge in [-0.15, -0.1) is 0 Å². The maximum atomic E-state index is 5.86. The van der Waals surface area contributed by atoms with Crippen LogP contribution in [-0.2, 0) is 12.8 Å². The number of rotatable bonds is 4. The monoisotopic (exact) mass is 357 g/mol. The number of aryl methyl sites for hydroxylation is 2. The summed E-state index contributed by atoms with van der Waals surface area (Å²) in [6.07, 6.45) is 5.25. The van der Waals surface area contributed by atoms with E-state index in [1.54, 1.807) is 0 Å². The molecule has 0 aliphatic heterocycles. The van der Waals surface area contributed by atoms with E-state index in [4.69, 9.17) is 5.73 Å². The van der Waals surface area contributed by atoms with Gasteiger partial charge < -0.3 is 11.1 Å². The highest BCUT2D eigenvalue weighted by Gasteiger charge is 2.21. The minimum Gasteiger partial charge on any atom is -0.383 e. The highest BCUT2D eigenvalue weighted by atomic mass is 14.9. The van der Waals surface area contributed by atoms with Gasteiger partial charge in [0.1, 0.15) is 5.82 Å². The molecule has 0 saturated heterocycles. The van der Waals surface area contributed by atoms with Gasteiger partial charge in [-0.05, 0) is 67.0 Å². The first-order chi connectivity index (χ1) is 13.1. The van der Waals surface area contributed by atoms with Crippen LogP contribution in [0.3, 0.4) is 0 Å². The quantitative estimate of drug-likeness (QED) is 0.702. The van der Waals surface area contributed by atoms with Gasteiger partial charge in [0.15, 0.2) is 0 Å². The van der Waals surface area contributed by atoms with Gasteiger partial charge in [0.05, 0.1) is 0 Å². The maximum Gasteiger partial charge on any atom is 0.126 e. The number of anilines is 1. The topological polar surface area (TPSA) is 50.9 Å². The minimum absolute atomic E-state index is 0.376. The molecule has 3 N–H and O–H groups in total. The van der Waals surface area contributed by atoms with Gasteiger partial charge in [0.25, 0.3) is 0 Å². The molecule has 1 aliphatic carbocycles. The summed E-state index contributed by atoms with van der Waals surface area (Å²) in [4.78, 5) is 4.31. The zero-order valence-corrected chi connectivity index (χ0v) is 16.1. The number of aromatic nitrogens is 1. The number of hydrogen-bond donors (Lipinski definition) is 2. The smallest absolute Gasteiger partial charge is 0.126 e. The lowest BCUT2D eigenvalue weighted by Crippen LogP contribution is -2.36. The summed E-state index contributed by atoms with van der Waals surface area (Å²) in [6, 6.07) is 20.6. The second kappa shape index (κ2) is 7.53. The van der Waals surface area contributed by atoms with Crippen LogP contribution in [-0.4, -0.2) is 11.0 Å². The number of nitrogens with two attached hydrogens (primary N) is 1. The molecule has 0 amide bonds. The summed E-state index contributed by atoms with van der Waals surface area (Å²) in [7, 11) is 0. The van der Waals surface area contributed by atoms with E-state index in [9.17, 15) is 0 Å². The van der Waals surface area contributed by atoms with Gasteiger partial charge in [0, 0.05) is 23.8 Å². The fourth-order valence-electron chi connectivity index (χ4n) is 4.01. The summed E-state index contributed by atoms with van der Waals surface area (Å²) in [5.74, 6) is 0.609. The lowest BCUT2D eigenvalue weighted by molar-refractivity contribution is 0.414. The molecule has 0 saturated carbocycles. The van der Waals surface area contributed by atoms with Crippen molar-refractivity contribution < 1.29 is 0 Å². The van der Waals surface area contributed by atoms with Crippen molar-refractivity contribution in [3.8, 4) is 11.1 Å². The molecule has 1 heterocycles. The Kier molecular flexibility index (Phi) is 4.95. The SMILES string of the molecule is Cc1cc(-c2ccc3c(c2)CC[C@@H](N[C@@H](C)c2ccccc2)C3)cnc1N. The highest BCUT2D eigenvalue weighted by molar-refractivity contribution is 5.66. The minimum atomic E-state index is 0.376. The number of nitrogens with one attached hydrogen (secondary N) is 1. The van der Waals surface area contributed by atoms with E-state index >= 15 is 0 Å². The fourth-order valence-corrected chi connectivity index (χ4v) is 4.01. The van der Waals surface area contributed by atoms with Crippen molar-refractivity contribution in [2.24, 2.45) is 0 Å². The molecule has 0 spiro atoms. The number of nitrogens with zero attached hydrogens (tertiary/aromatic N) is 1. The molecule has 2 atom stereocenters. The first-order valence-corrected chi connectivity index (χ1v) is 9.75. The molecule has 0 fully saturated rings. The third kappa shape index (κ3) is 3.88. The number of benzene rings is 2. The summed E-state index contributed by atoms with van der Waals surface area (Å²) in [6.45, 7) is 4.26. The Hall–Kier alpha value is -2.65. The molecule has 0 bridgehead atoms. The molecule has 3 aromatic rings. The second-order valence-corrected chi connectivity index (χ2v) is 7.65. The van der Waals surface area contributed by atoms with Crippen molar-refractivity contribution in [1.29, 1.82) is 0 Å². The van der Waals surface area contributed by atoms with Gasteiger partial charge in [-0.2, -0.15) is 0 Å². The van der Waals surface area contributed by atoms with Crippen molar-refractivity contribution in [1.82, 2.24) is 10.3 Å². The van der Waals surface area contributed by atoms with Crippen molar-refractivity contribution in [2.75, 3.05) is 5.73 Å². The summed E-state index contributed by atoms with van der Waals surface area (Å²) >= 11 is 0. The Bertz CT molecular complexity index is 934. The Balaban J connectivity index is 1.48. The molecule has 3 nitrogen and oxygen atoms in total. The summed E-state index contributed by atoms with van der Waals surface area (Å²) in [5, 5.41) is 3.81. The molecule has 1 aliphatic rings. The van der Waals surface area contributed by atoms with Gasteiger partial charge in [0.2, 0.25) is 0 Å². The Morgan fingerprint density at radius 2 is 1.85 bits per heavy atom. The Morgan fingerprint density at radius 3 is 2.63 bits per heavy atom. The van der Waals surface area contributed by atoms with Crippen LogP contribution >= 0.6 is 0 Å². The van der Waals surface area contributed by atoms with Crippen LogP contribution in [0.15, 0.2) is 60.8 Å². The largest absolute Gasteiger partial charge is 0.383 e. The molecular formula is C24H27N3. The van der Waals surface area contributed by atoms with Crippen molar-refractivity contribution >= 4 is 5.82 Å². The Labute approximate surface area is 161 Å². The van der Waals surface area contributed by atoms with Crippen LogP contribution in [0.5, 0.6) is 0 Å². The molecule has 0 radical (unpaired) electrons.